The molecule has 0 spiro atoms. The van der Waals surface area contributed by atoms with Crippen LogP contribution in [0.4, 0.5) is 10.1 Å². The summed E-state index contributed by atoms with van der Waals surface area (Å²) < 4.78 is 20.1. The van der Waals surface area contributed by atoms with Gasteiger partial charge in [-0.2, -0.15) is 4.98 Å². The molecule has 2 heterocycles. The van der Waals surface area contributed by atoms with E-state index in [4.69, 9.17) is 16.1 Å². The molecule has 0 saturated heterocycles. The number of hydrogen-bond donors (Lipinski definition) is 1. The monoisotopic (exact) mass is 410 g/mol. The van der Waals surface area contributed by atoms with Gasteiger partial charge in [0.2, 0.25) is 11.7 Å². The number of para-hydroxylation sites is 1. The maximum absolute atomic E-state index is 13.1. The van der Waals surface area contributed by atoms with Gasteiger partial charge in [-0.1, -0.05) is 28.9 Å². The number of aromatic nitrogens is 3. The molecule has 146 valence electrons. The molecule has 0 aliphatic heterocycles. The van der Waals surface area contributed by atoms with Gasteiger partial charge in [0.05, 0.1) is 10.7 Å². The quantitative estimate of drug-likeness (QED) is 0.505. The van der Waals surface area contributed by atoms with Gasteiger partial charge in [0.15, 0.2) is 0 Å². The third-order valence-electron chi connectivity index (χ3n) is 4.38. The van der Waals surface area contributed by atoms with Crippen molar-refractivity contribution in [1.29, 1.82) is 0 Å². The molecule has 8 heteroatoms. The number of rotatable bonds is 5. The topological polar surface area (TPSA) is 73.0 Å². The van der Waals surface area contributed by atoms with E-state index in [2.05, 4.69) is 15.5 Å². The average Bonchev–Trinajstić information content (AvgIpc) is 3.35. The van der Waals surface area contributed by atoms with Crippen LogP contribution in [0.15, 0.2) is 65.3 Å². The number of nitrogens with zero attached hydrogens (tertiary/aromatic N) is 3. The summed E-state index contributed by atoms with van der Waals surface area (Å²) in [5, 5.41) is 7.26. The van der Waals surface area contributed by atoms with Gasteiger partial charge in [0.25, 0.3) is 5.89 Å². The lowest BCUT2D eigenvalue weighted by Gasteiger charge is -2.11. The van der Waals surface area contributed by atoms with E-state index >= 15 is 0 Å². The zero-order chi connectivity index (χ0) is 20.4. The molecule has 0 saturated carbocycles. The molecule has 4 aromatic rings. The highest BCUT2D eigenvalue weighted by Crippen LogP contribution is 2.26. The molecule has 0 unspecified atom stereocenters. The Labute approximate surface area is 170 Å². The van der Waals surface area contributed by atoms with Crippen molar-refractivity contribution in [2.24, 2.45) is 0 Å². The summed E-state index contributed by atoms with van der Waals surface area (Å²) in [6, 6.07) is 14.8. The minimum Gasteiger partial charge on any atom is -0.334 e. The van der Waals surface area contributed by atoms with Gasteiger partial charge in [-0.3, -0.25) is 4.79 Å². The van der Waals surface area contributed by atoms with Crippen LogP contribution in [0, 0.1) is 12.7 Å². The summed E-state index contributed by atoms with van der Waals surface area (Å²) in [6.45, 7) is 1.92. The molecule has 0 atom stereocenters. The Balaban J connectivity index is 1.53. The smallest absolute Gasteiger partial charge is 0.274 e. The van der Waals surface area contributed by atoms with Crippen LogP contribution in [0.1, 0.15) is 5.56 Å². The molecule has 0 aliphatic rings. The van der Waals surface area contributed by atoms with Gasteiger partial charge in [-0.25, -0.2) is 4.39 Å². The number of carbonyl (C=O) groups is 1. The summed E-state index contributed by atoms with van der Waals surface area (Å²) in [6.07, 6.45) is 1.75. The van der Waals surface area contributed by atoms with Gasteiger partial charge < -0.3 is 14.4 Å². The first-order valence-electron chi connectivity index (χ1n) is 8.81. The molecule has 0 bridgehead atoms. The van der Waals surface area contributed by atoms with Crippen LogP contribution in [0.3, 0.4) is 0 Å². The van der Waals surface area contributed by atoms with Crippen molar-refractivity contribution in [2.75, 3.05) is 5.32 Å². The molecule has 0 fully saturated rings. The number of amides is 1. The SMILES string of the molecule is Cc1cccc(Cl)c1NC(=O)Cn1cccc1-c1nc(-c2ccc(F)cc2)no1. The lowest BCUT2D eigenvalue weighted by atomic mass is 10.2. The summed E-state index contributed by atoms with van der Waals surface area (Å²) in [7, 11) is 0. The van der Waals surface area contributed by atoms with Crippen molar-refractivity contribution in [1.82, 2.24) is 14.7 Å². The minimum absolute atomic E-state index is 0.0429. The highest BCUT2D eigenvalue weighted by Gasteiger charge is 2.16. The van der Waals surface area contributed by atoms with Crippen molar-refractivity contribution in [3.8, 4) is 23.0 Å². The molecule has 2 aromatic carbocycles. The molecular weight excluding hydrogens is 395 g/mol. The first-order chi connectivity index (χ1) is 14.0. The van der Waals surface area contributed by atoms with Crippen molar-refractivity contribution in [2.45, 2.75) is 13.5 Å². The molecule has 1 amide bonds. The summed E-state index contributed by atoms with van der Waals surface area (Å²) in [5.41, 5.74) is 2.69. The van der Waals surface area contributed by atoms with E-state index < -0.39 is 0 Å². The fraction of sp³-hybridized carbons (Fsp3) is 0.0952. The fourth-order valence-corrected chi connectivity index (χ4v) is 3.18. The second kappa shape index (κ2) is 7.89. The average molecular weight is 411 g/mol. The molecule has 0 radical (unpaired) electrons. The van der Waals surface area contributed by atoms with Crippen LogP contribution < -0.4 is 5.32 Å². The number of aryl methyl sites for hydroxylation is 1. The number of anilines is 1. The second-order valence-electron chi connectivity index (χ2n) is 6.43. The molecule has 4 rings (SSSR count). The Kier molecular flexibility index (Phi) is 5.14. The minimum atomic E-state index is -0.342. The van der Waals surface area contributed by atoms with Crippen LogP contribution >= 0.6 is 11.6 Å². The van der Waals surface area contributed by atoms with Gasteiger partial charge in [0.1, 0.15) is 18.1 Å². The zero-order valence-corrected chi connectivity index (χ0v) is 16.2. The van der Waals surface area contributed by atoms with Crippen LogP contribution in [0.25, 0.3) is 23.0 Å². The van der Waals surface area contributed by atoms with E-state index in [1.54, 1.807) is 41.1 Å². The predicted octanol–water partition coefficient (Wildman–Crippen LogP) is 4.94. The van der Waals surface area contributed by atoms with E-state index in [9.17, 15) is 9.18 Å². The van der Waals surface area contributed by atoms with E-state index in [0.717, 1.165) is 5.56 Å². The Bertz CT molecular complexity index is 1150. The van der Waals surface area contributed by atoms with Crippen LogP contribution in [0.5, 0.6) is 0 Å². The first kappa shape index (κ1) is 18.9. The molecular formula is C21H16ClFN4O2. The van der Waals surface area contributed by atoms with E-state index in [0.29, 0.717) is 27.8 Å². The summed E-state index contributed by atoms with van der Waals surface area (Å²) in [4.78, 5) is 16.9. The van der Waals surface area contributed by atoms with E-state index in [1.165, 1.54) is 12.1 Å². The van der Waals surface area contributed by atoms with Crippen molar-refractivity contribution >= 4 is 23.2 Å². The lowest BCUT2D eigenvalue weighted by Crippen LogP contribution is -2.19. The lowest BCUT2D eigenvalue weighted by molar-refractivity contribution is -0.116. The largest absolute Gasteiger partial charge is 0.334 e. The van der Waals surface area contributed by atoms with E-state index in [1.807, 2.05) is 19.1 Å². The molecule has 0 aliphatic carbocycles. The maximum atomic E-state index is 13.1. The predicted molar refractivity (Wildman–Crippen MR) is 108 cm³/mol. The first-order valence-corrected chi connectivity index (χ1v) is 9.19. The fourth-order valence-electron chi connectivity index (χ4n) is 2.91. The third kappa shape index (κ3) is 4.05. The van der Waals surface area contributed by atoms with Crippen LogP contribution in [0.2, 0.25) is 5.02 Å². The van der Waals surface area contributed by atoms with E-state index in [-0.39, 0.29) is 24.2 Å². The molecule has 2 aromatic heterocycles. The van der Waals surface area contributed by atoms with Gasteiger partial charge in [0, 0.05) is 11.8 Å². The Morgan fingerprint density at radius 1 is 1.17 bits per heavy atom. The Hall–Kier alpha value is -3.45. The molecule has 6 nitrogen and oxygen atoms in total. The number of benzene rings is 2. The maximum Gasteiger partial charge on any atom is 0.274 e. The molecule has 29 heavy (non-hydrogen) atoms. The highest BCUT2D eigenvalue weighted by molar-refractivity contribution is 6.33. The highest BCUT2D eigenvalue weighted by atomic mass is 35.5. The zero-order valence-electron chi connectivity index (χ0n) is 15.4. The Morgan fingerprint density at radius 3 is 2.72 bits per heavy atom. The summed E-state index contributed by atoms with van der Waals surface area (Å²) in [5.74, 6) is 0.0166. The van der Waals surface area contributed by atoms with Crippen molar-refractivity contribution in [3.63, 3.8) is 0 Å². The number of halogens is 2. The number of hydrogen-bond acceptors (Lipinski definition) is 4. The van der Waals surface area contributed by atoms with Crippen molar-refractivity contribution in [3.05, 3.63) is 77.2 Å². The number of carbonyl (C=O) groups excluding carboxylic acids is 1. The normalized spacial score (nSPS) is 10.9. The van der Waals surface area contributed by atoms with Gasteiger partial charge in [-0.05, 0) is 55.0 Å². The van der Waals surface area contributed by atoms with Crippen LogP contribution in [-0.4, -0.2) is 20.6 Å². The second-order valence-corrected chi connectivity index (χ2v) is 6.84. The standard InChI is InChI=1S/C21H16ClFN4O2/c1-13-4-2-5-16(22)19(13)24-18(28)12-27-11-3-6-17(27)21-25-20(26-29-21)14-7-9-15(23)10-8-14/h2-11H,12H2,1H3,(H,24,28). The van der Waals surface area contributed by atoms with Crippen molar-refractivity contribution < 1.29 is 13.7 Å². The Morgan fingerprint density at radius 2 is 1.97 bits per heavy atom. The summed E-state index contributed by atoms with van der Waals surface area (Å²) >= 11 is 6.18. The van der Waals surface area contributed by atoms with Gasteiger partial charge in [-0.15, -0.1) is 0 Å². The van der Waals surface area contributed by atoms with Crippen LogP contribution in [-0.2, 0) is 11.3 Å². The molecule has 1 N–H and O–H groups in total. The number of nitrogens with one attached hydrogen (secondary N) is 1. The third-order valence-corrected chi connectivity index (χ3v) is 4.69. The van der Waals surface area contributed by atoms with Gasteiger partial charge >= 0.3 is 0 Å².